The van der Waals surface area contributed by atoms with Crippen LogP contribution in [0.25, 0.3) is 11.1 Å². The van der Waals surface area contributed by atoms with Crippen LogP contribution < -0.4 is 4.74 Å². The number of aryl methyl sites for hydroxylation is 2. The largest absolute Gasteiger partial charge is 0.506 e. The van der Waals surface area contributed by atoms with E-state index in [0.717, 1.165) is 35.1 Å². The lowest BCUT2D eigenvalue weighted by Crippen LogP contribution is -2.29. The van der Waals surface area contributed by atoms with Crippen molar-refractivity contribution in [1.82, 2.24) is 0 Å². The monoisotopic (exact) mass is 324 g/mol. The Labute approximate surface area is 143 Å². The summed E-state index contributed by atoms with van der Waals surface area (Å²) in [4.78, 5) is 12.2. The van der Waals surface area contributed by atoms with Crippen molar-refractivity contribution in [3.63, 3.8) is 0 Å². The van der Waals surface area contributed by atoms with Crippen molar-refractivity contribution < 1.29 is 14.6 Å². The van der Waals surface area contributed by atoms with E-state index in [4.69, 9.17) is 4.74 Å². The molecular weight excluding hydrogens is 300 g/mol. The molecule has 1 aliphatic rings. The first-order chi connectivity index (χ1) is 11.3. The molecule has 3 rings (SSSR count). The summed E-state index contributed by atoms with van der Waals surface area (Å²) >= 11 is 0. The van der Waals surface area contributed by atoms with E-state index in [0.29, 0.717) is 16.9 Å². The van der Waals surface area contributed by atoms with E-state index in [9.17, 15) is 9.90 Å². The van der Waals surface area contributed by atoms with Crippen molar-refractivity contribution in [3.05, 3.63) is 46.5 Å². The molecule has 0 spiro atoms. The summed E-state index contributed by atoms with van der Waals surface area (Å²) in [6, 6.07) is 8.08. The second-order valence-corrected chi connectivity index (χ2v) is 7.10. The molecule has 24 heavy (non-hydrogen) atoms. The highest BCUT2D eigenvalue weighted by Crippen LogP contribution is 2.51. The molecule has 0 aliphatic carbocycles. The summed E-state index contributed by atoms with van der Waals surface area (Å²) in [6.07, 6.45) is 1.64. The number of fused-ring (bicyclic) bond motifs is 3. The van der Waals surface area contributed by atoms with E-state index in [1.54, 1.807) is 0 Å². The fraction of sp³-hybridized carbons (Fsp3) is 0.381. The number of carbonyl (C=O) groups excluding carboxylic acids is 1. The number of benzene rings is 2. The molecule has 1 N–H and O–H groups in total. The Kier molecular flexibility index (Phi) is 3.90. The number of hydrogen-bond donors (Lipinski definition) is 1. The third kappa shape index (κ3) is 2.48. The van der Waals surface area contributed by atoms with Gasteiger partial charge in [-0.15, -0.1) is 0 Å². The molecule has 1 heterocycles. The van der Waals surface area contributed by atoms with Gasteiger partial charge in [0.15, 0.2) is 5.78 Å². The van der Waals surface area contributed by atoms with Gasteiger partial charge in [0.2, 0.25) is 0 Å². The van der Waals surface area contributed by atoms with Crippen LogP contribution in [-0.4, -0.2) is 10.9 Å². The summed E-state index contributed by atoms with van der Waals surface area (Å²) in [5, 5.41) is 10.9. The van der Waals surface area contributed by atoms with Gasteiger partial charge in [0.1, 0.15) is 17.1 Å². The minimum atomic E-state index is -0.482. The Hall–Kier alpha value is -2.29. The Bertz CT molecular complexity index is 831. The molecule has 0 atom stereocenters. The first-order valence-corrected chi connectivity index (χ1v) is 8.46. The van der Waals surface area contributed by atoms with Crippen molar-refractivity contribution in [2.75, 3.05) is 0 Å². The van der Waals surface area contributed by atoms with E-state index in [2.05, 4.69) is 13.0 Å². The highest BCUT2D eigenvalue weighted by molar-refractivity contribution is 6.02. The third-order valence-electron chi connectivity index (χ3n) is 4.68. The maximum Gasteiger partial charge on any atom is 0.163 e. The Morgan fingerprint density at radius 2 is 1.96 bits per heavy atom. The minimum absolute atomic E-state index is 0.0470. The van der Waals surface area contributed by atoms with Crippen LogP contribution in [-0.2, 0) is 12.0 Å². The average Bonchev–Trinajstić information content (AvgIpc) is 2.45. The van der Waals surface area contributed by atoms with Gasteiger partial charge in [-0.05, 0) is 51.3 Å². The number of Topliss-reactive ketones (excluding diaryl/α,β-unsaturated/α-hetero) is 1. The molecule has 3 nitrogen and oxygen atoms in total. The number of ketones is 1. The fourth-order valence-corrected chi connectivity index (χ4v) is 3.62. The summed E-state index contributed by atoms with van der Waals surface area (Å²) in [7, 11) is 0. The first kappa shape index (κ1) is 16.6. The third-order valence-corrected chi connectivity index (χ3v) is 4.68. The maximum atomic E-state index is 12.2. The molecule has 1 aliphatic heterocycles. The van der Waals surface area contributed by atoms with Gasteiger partial charge < -0.3 is 9.84 Å². The topological polar surface area (TPSA) is 46.5 Å². The molecule has 0 saturated carbocycles. The van der Waals surface area contributed by atoms with E-state index < -0.39 is 5.60 Å². The van der Waals surface area contributed by atoms with Crippen LogP contribution in [0.15, 0.2) is 24.3 Å². The number of aromatic hydroxyl groups is 1. The number of carbonyl (C=O) groups is 1. The highest BCUT2D eigenvalue weighted by atomic mass is 16.5. The molecule has 0 saturated heterocycles. The fourth-order valence-electron chi connectivity index (χ4n) is 3.62. The lowest BCUT2D eigenvalue weighted by Gasteiger charge is -2.36. The molecule has 0 radical (unpaired) electrons. The van der Waals surface area contributed by atoms with Gasteiger partial charge in [0.05, 0.1) is 11.1 Å². The van der Waals surface area contributed by atoms with E-state index in [1.807, 2.05) is 39.0 Å². The molecule has 2 aromatic rings. The van der Waals surface area contributed by atoms with Crippen LogP contribution in [0.1, 0.15) is 61.2 Å². The smallest absolute Gasteiger partial charge is 0.163 e. The van der Waals surface area contributed by atoms with Crippen LogP contribution >= 0.6 is 0 Å². The predicted octanol–water partition coefficient (Wildman–Crippen LogP) is 5.15. The van der Waals surface area contributed by atoms with Crippen LogP contribution in [0.2, 0.25) is 0 Å². The molecule has 2 aromatic carbocycles. The number of rotatable bonds is 3. The first-order valence-electron chi connectivity index (χ1n) is 8.46. The number of ether oxygens (including phenoxy) is 1. The van der Waals surface area contributed by atoms with Crippen LogP contribution in [0.4, 0.5) is 0 Å². The van der Waals surface area contributed by atoms with Gasteiger partial charge in [-0.25, -0.2) is 0 Å². The van der Waals surface area contributed by atoms with Gasteiger partial charge >= 0.3 is 0 Å². The number of phenolic OH excluding ortho intramolecular Hbond substituents is 1. The van der Waals surface area contributed by atoms with Crippen LogP contribution in [0.5, 0.6) is 11.5 Å². The van der Waals surface area contributed by atoms with Gasteiger partial charge in [-0.1, -0.05) is 37.1 Å². The molecule has 0 amide bonds. The highest BCUT2D eigenvalue weighted by Gasteiger charge is 2.35. The summed E-state index contributed by atoms with van der Waals surface area (Å²) in [5.74, 6) is 0.590. The van der Waals surface area contributed by atoms with Crippen molar-refractivity contribution >= 4 is 5.78 Å². The normalized spacial score (nSPS) is 14.5. The average molecular weight is 324 g/mol. The number of phenols is 1. The van der Waals surface area contributed by atoms with Crippen LogP contribution in [0.3, 0.4) is 0 Å². The zero-order chi connectivity index (χ0) is 17.6. The lowest BCUT2D eigenvalue weighted by molar-refractivity contribution is 0.101. The molecule has 0 unspecified atom stereocenters. The van der Waals surface area contributed by atoms with Crippen molar-refractivity contribution in [1.29, 1.82) is 0 Å². The van der Waals surface area contributed by atoms with Gasteiger partial charge in [-0.2, -0.15) is 0 Å². The maximum absolute atomic E-state index is 12.2. The van der Waals surface area contributed by atoms with Crippen molar-refractivity contribution in [3.8, 4) is 22.6 Å². The molecular formula is C21H24O3. The summed E-state index contributed by atoms with van der Waals surface area (Å²) in [5.41, 5.74) is 4.51. The molecule has 3 heteroatoms. The number of hydrogen-bond acceptors (Lipinski definition) is 3. The second-order valence-electron chi connectivity index (χ2n) is 7.10. The molecule has 126 valence electrons. The lowest BCUT2D eigenvalue weighted by atomic mass is 9.82. The molecule has 0 bridgehead atoms. The molecule has 0 aromatic heterocycles. The molecule has 0 fully saturated rings. The predicted molar refractivity (Wildman–Crippen MR) is 95.9 cm³/mol. The van der Waals surface area contributed by atoms with E-state index >= 15 is 0 Å². The SMILES string of the molecule is CCCc1cc2c(c(O)c1C(C)=O)-c1cc(C)ccc1C(C)(C)O2. The Morgan fingerprint density at radius 3 is 2.58 bits per heavy atom. The van der Waals surface area contributed by atoms with E-state index in [-0.39, 0.29) is 11.5 Å². The second kappa shape index (κ2) is 5.66. The quantitative estimate of drug-likeness (QED) is 0.794. The standard InChI is InChI=1S/C21H24O3/c1-6-7-14-11-17-19(20(23)18(14)13(3)22)15-10-12(2)8-9-16(15)21(4,5)24-17/h8-11,23H,6-7H2,1-5H3. The summed E-state index contributed by atoms with van der Waals surface area (Å²) < 4.78 is 6.22. The van der Waals surface area contributed by atoms with Crippen molar-refractivity contribution in [2.45, 2.75) is 53.1 Å². The zero-order valence-corrected chi connectivity index (χ0v) is 15.0. The van der Waals surface area contributed by atoms with E-state index in [1.165, 1.54) is 6.92 Å². The Balaban J connectivity index is 2.37. The summed E-state index contributed by atoms with van der Waals surface area (Å²) in [6.45, 7) is 9.64. The van der Waals surface area contributed by atoms with Crippen molar-refractivity contribution in [2.24, 2.45) is 0 Å². The Morgan fingerprint density at radius 1 is 1.25 bits per heavy atom. The van der Waals surface area contributed by atoms with Gasteiger partial charge in [0, 0.05) is 5.56 Å². The van der Waals surface area contributed by atoms with Crippen LogP contribution in [0, 0.1) is 6.92 Å². The van der Waals surface area contributed by atoms with Gasteiger partial charge in [0.25, 0.3) is 0 Å². The zero-order valence-electron chi connectivity index (χ0n) is 15.0. The minimum Gasteiger partial charge on any atom is -0.506 e. The van der Waals surface area contributed by atoms with Gasteiger partial charge in [-0.3, -0.25) is 4.79 Å².